The zero-order valence-electron chi connectivity index (χ0n) is 11.2. The maximum atomic E-state index is 5.29. The summed E-state index contributed by atoms with van der Waals surface area (Å²) in [5.74, 6) is 0.662. The Labute approximate surface area is 124 Å². The molecule has 0 unspecified atom stereocenters. The van der Waals surface area contributed by atoms with E-state index in [-0.39, 0.29) is 0 Å². The number of oxazole rings is 1. The number of hydrogen-bond donors (Lipinski definition) is 1. The van der Waals surface area contributed by atoms with E-state index in [0.717, 1.165) is 28.2 Å². The number of aromatic nitrogens is 3. The van der Waals surface area contributed by atoms with Crippen LogP contribution in [0, 0.1) is 6.92 Å². The summed E-state index contributed by atoms with van der Waals surface area (Å²) in [5, 5.41) is 5.76. The van der Waals surface area contributed by atoms with E-state index in [4.69, 9.17) is 4.42 Å². The molecule has 0 bridgehead atoms. The zero-order valence-corrected chi connectivity index (χ0v) is 12.8. The Morgan fingerprint density at radius 3 is 3.05 bits per heavy atom. The van der Waals surface area contributed by atoms with Crippen molar-refractivity contribution in [2.24, 2.45) is 0 Å². The number of fused-ring (bicyclic) bond motifs is 1. The molecule has 0 aromatic carbocycles. The number of hydrogen-bond acceptors (Lipinski definition) is 7. The van der Waals surface area contributed by atoms with Crippen LogP contribution in [-0.2, 0) is 0 Å². The Kier molecular flexibility index (Phi) is 3.88. The van der Waals surface area contributed by atoms with Crippen LogP contribution in [0.1, 0.15) is 18.2 Å². The van der Waals surface area contributed by atoms with Gasteiger partial charge in [0.1, 0.15) is 16.1 Å². The van der Waals surface area contributed by atoms with E-state index < -0.39 is 0 Å². The summed E-state index contributed by atoms with van der Waals surface area (Å²) in [5.41, 5.74) is 0. The summed E-state index contributed by atoms with van der Waals surface area (Å²) in [6.07, 6.45) is 4.23. The van der Waals surface area contributed by atoms with Gasteiger partial charge >= 0.3 is 0 Å². The molecule has 0 atom stereocenters. The highest BCUT2D eigenvalue weighted by Crippen LogP contribution is 2.35. The second-order valence-corrected chi connectivity index (χ2v) is 6.43. The van der Waals surface area contributed by atoms with E-state index in [1.54, 1.807) is 23.8 Å². The Morgan fingerprint density at radius 1 is 1.40 bits per heavy atom. The summed E-state index contributed by atoms with van der Waals surface area (Å²) in [7, 11) is 0. The molecule has 0 saturated heterocycles. The third kappa shape index (κ3) is 2.78. The van der Waals surface area contributed by atoms with Gasteiger partial charge in [0.25, 0.3) is 5.22 Å². The number of anilines is 1. The van der Waals surface area contributed by atoms with Crippen molar-refractivity contribution in [3.8, 4) is 0 Å². The summed E-state index contributed by atoms with van der Waals surface area (Å²) < 4.78 is 5.29. The van der Waals surface area contributed by atoms with Gasteiger partial charge in [0.2, 0.25) is 5.95 Å². The van der Waals surface area contributed by atoms with E-state index in [1.165, 1.54) is 16.6 Å². The fourth-order valence-electron chi connectivity index (χ4n) is 1.75. The third-order valence-electron chi connectivity index (χ3n) is 2.61. The molecular formula is C13H14N4OS2. The minimum Gasteiger partial charge on any atom is -0.440 e. The summed E-state index contributed by atoms with van der Waals surface area (Å²) in [6, 6.07) is 2.11. The van der Waals surface area contributed by atoms with Crippen LogP contribution in [0.25, 0.3) is 10.2 Å². The van der Waals surface area contributed by atoms with E-state index in [2.05, 4.69) is 40.2 Å². The molecule has 3 rings (SSSR count). The van der Waals surface area contributed by atoms with Crippen LogP contribution in [0.3, 0.4) is 0 Å². The lowest BCUT2D eigenvalue weighted by atomic mass is 10.4. The molecular weight excluding hydrogens is 292 g/mol. The molecule has 0 amide bonds. The standard InChI is InChI=1S/C13H14N4OS2/c1-3-4-14-12-16-10-9(7-8(2)19-10)11(17-12)20-13-15-5-6-18-13/h5-7H,3-4H2,1-2H3,(H,14,16,17). The summed E-state index contributed by atoms with van der Waals surface area (Å²) in [4.78, 5) is 15.5. The second-order valence-electron chi connectivity index (χ2n) is 4.26. The number of thiophene rings is 1. The largest absolute Gasteiger partial charge is 0.440 e. The lowest BCUT2D eigenvalue weighted by molar-refractivity contribution is 0.454. The van der Waals surface area contributed by atoms with E-state index in [1.807, 2.05) is 0 Å². The predicted octanol–water partition coefficient (Wildman–Crippen LogP) is 3.96. The van der Waals surface area contributed by atoms with Gasteiger partial charge < -0.3 is 9.73 Å². The highest BCUT2D eigenvalue weighted by molar-refractivity contribution is 7.99. The Balaban J connectivity index is 2.02. The molecule has 0 saturated carbocycles. The van der Waals surface area contributed by atoms with Gasteiger partial charge in [0, 0.05) is 16.8 Å². The van der Waals surface area contributed by atoms with Gasteiger partial charge in [0.05, 0.1) is 6.20 Å². The van der Waals surface area contributed by atoms with Crippen molar-refractivity contribution >= 4 is 39.3 Å². The molecule has 7 heteroatoms. The van der Waals surface area contributed by atoms with Crippen LogP contribution < -0.4 is 5.32 Å². The fourth-order valence-corrected chi connectivity index (χ4v) is 3.48. The number of nitrogens with zero attached hydrogens (tertiary/aromatic N) is 3. The highest BCUT2D eigenvalue weighted by atomic mass is 32.2. The maximum Gasteiger partial charge on any atom is 0.261 e. The molecule has 3 aromatic heterocycles. The molecule has 0 fully saturated rings. The first-order chi connectivity index (χ1) is 9.76. The zero-order chi connectivity index (χ0) is 13.9. The molecule has 0 spiro atoms. The number of nitrogens with one attached hydrogen (secondary N) is 1. The van der Waals surface area contributed by atoms with Gasteiger partial charge in [-0.15, -0.1) is 11.3 Å². The minimum atomic E-state index is 0.593. The lowest BCUT2D eigenvalue weighted by Crippen LogP contribution is -2.04. The SMILES string of the molecule is CCCNc1nc(Sc2ncco2)c2cc(C)sc2n1. The Hall–Kier alpha value is -1.60. The molecule has 0 aliphatic heterocycles. The first kappa shape index (κ1) is 13.4. The van der Waals surface area contributed by atoms with E-state index >= 15 is 0 Å². The smallest absolute Gasteiger partial charge is 0.261 e. The van der Waals surface area contributed by atoms with Crippen molar-refractivity contribution in [2.75, 3.05) is 11.9 Å². The monoisotopic (exact) mass is 306 g/mol. The third-order valence-corrected chi connectivity index (χ3v) is 4.43. The summed E-state index contributed by atoms with van der Waals surface area (Å²) >= 11 is 3.09. The van der Waals surface area contributed by atoms with Crippen molar-refractivity contribution in [3.63, 3.8) is 0 Å². The van der Waals surface area contributed by atoms with Crippen molar-refractivity contribution in [1.29, 1.82) is 0 Å². The van der Waals surface area contributed by atoms with Crippen LogP contribution in [0.2, 0.25) is 0 Å². The normalized spacial score (nSPS) is 11.1. The first-order valence-corrected chi connectivity index (χ1v) is 7.99. The van der Waals surface area contributed by atoms with Crippen LogP contribution in [0.5, 0.6) is 0 Å². The Bertz CT molecular complexity index is 709. The quantitative estimate of drug-likeness (QED) is 0.720. The molecule has 0 aliphatic carbocycles. The molecule has 20 heavy (non-hydrogen) atoms. The minimum absolute atomic E-state index is 0.593. The molecule has 0 radical (unpaired) electrons. The highest BCUT2D eigenvalue weighted by Gasteiger charge is 2.13. The van der Waals surface area contributed by atoms with E-state index in [9.17, 15) is 0 Å². The van der Waals surface area contributed by atoms with Crippen molar-refractivity contribution in [2.45, 2.75) is 30.5 Å². The van der Waals surface area contributed by atoms with Gasteiger partial charge in [-0.1, -0.05) is 6.92 Å². The van der Waals surface area contributed by atoms with Crippen molar-refractivity contribution in [3.05, 3.63) is 23.4 Å². The molecule has 1 N–H and O–H groups in total. The number of rotatable bonds is 5. The van der Waals surface area contributed by atoms with Gasteiger partial charge in [-0.05, 0) is 31.2 Å². The molecule has 104 valence electrons. The summed E-state index contributed by atoms with van der Waals surface area (Å²) in [6.45, 7) is 5.05. The predicted molar refractivity (Wildman–Crippen MR) is 81.6 cm³/mol. The van der Waals surface area contributed by atoms with E-state index in [0.29, 0.717) is 11.2 Å². The fraction of sp³-hybridized carbons (Fsp3) is 0.308. The molecule has 0 aliphatic rings. The van der Waals surface area contributed by atoms with Gasteiger partial charge in [-0.2, -0.15) is 0 Å². The molecule has 3 heterocycles. The average Bonchev–Trinajstić information content (AvgIpc) is 3.05. The first-order valence-electron chi connectivity index (χ1n) is 6.35. The van der Waals surface area contributed by atoms with Crippen LogP contribution >= 0.6 is 23.1 Å². The second kappa shape index (κ2) is 5.80. The maximum absolute atomic E-state index is 5.29. The van der Waals surface area contributed by atoms with Gasteiger partial charge in [-0.3, -0.25) is 0 Å². The van der Waals surface area contributed by atoms with Crippen molar-refractivity contribution < 1.29 is 4.42 Å². The van der Waals surface area contributed by atoms with Crippen LogP contribution in [0.4, 0.5) is 5.95 Å². The van der Waals surface area contributed by atoms with Gasteiger partial charge in [0.15, 0.2) is 0 Å². The number of aryl methyl sites for hydroxylation is 1. The van der Waals surface area contributed by atoms with Crippen molar-refractivity contribution in [1.82, 2.24) is 15.0 Å². The Morgan fingerprint density at radius 2 is 2.30 bits per heavy atom. The molecule has 3 aromatic rings. The lowest BCUT2D eigenvalue weighted by Gasteiger charge is -2.05. The topological polar surface area (TPSA) is 63.8 Å². The molecule has 5 nitrogen and oxygen atoms in total. The van der Waals surface area contributed by atoms with Gasteiger partial charge in [-0.25, -0.2) is 15.0 Å². The van der Waals surface area contributed by atoms with Crippen LogP contribution in [-0.4, -0.2) is 21.5 Å². The van der Waals surface area contributed by atoms with Crippen LogP contribution in [0.15, 0.2) is 33.2 Å². The average molecular weight is 306 g/mol.